The zero-order valence-electron chi connectivity index (χ0n) is 9.75. The Bertz CT molecular complexity index is 194. The number of carbonyl (C=O) groups excluding carboxylic acids is 1. The average molecular weight is 198 g/mol. The van der Waals surface area contributed by atoms with E-state index < -0.39 is 0 Å². The van der Waals surface area contributed by atoms with Crippen molar-refractivity contribution < 1.29 is 9.53 Å². The van der Waals surface area contributed by atoms with E-state index in [-0.39, 0.29) is 5.97 Å². The Hall–Kier alpha value is -0.530. The predicted octanol–water partition coefficient (Wildman–Crippen LogP) is 2.87. The lowest BCUT2D eigenvalue weighted by Gasteiger charge is -2.51. The molecule has 0 N–H and O–H groups in total. The summed E-state index contributed by atoms with van der Waals surface area (Å²) in [7, 11) is 1.35. The van der Waals surface area contributed by atoms with Gasteiger partial charge < -0.3 is 4.74 Å². The van der Waals surface area contributed by atoms with Gasteiger partial charge in [0.25, 0.3) is 0 Å². The van der Waals surface area contributed by atoms with Crippen molar-refractivity contribution in [1.82, 2.24) is 0 Å². The standard InChI is InChI=1S/C9H16.C3H6O2/c1-6-3-4-8-5-9(6)7(8)2;1-3(4)5-2/h6-9H,3-5H2,1-2H3;1-2H3/t6-,7?,8+,9+;/m1./s1. The summed E-state index contributed by atoms with van der Waals surface area (Å²) < 4.78 is 4.11. The van der Waals surface area contributed by atoms with E-state index in [2.05, 4.69) is 18.6 Å². The van der Waals surface area contributed by atoms with Gasteiger partial charge in [0.05, 0.1) is 7.11 Å². The number of fused-ring (bicyclic) bond motifs is 2. The number of esters is 1. The second kappa shape index (κ2) is 4.81. The van der Waals surface area contributed by atoms with Crippen molar-refractivity contribution in [3.63, 3.8) is 0 Å². The fraction of sp³-hybridized carbons (Fsp3) is 0.917. The summed E-state index contributed by atoms with van der Waals surface area (Å²) in [6.45, 7) is 6.23. The summed E-state index contributed by atoms with van der Waals surface area (Å²) in [6.07, 6.45) is 4.60. The third-order valence-corrected chi connectivity index (χ3v) is 4.00. The van der Waals surface area contributed by atoms with Gasteiger partial charge in [0.1, 0.15) is 0 Å². The maximum Gasteiger partial charge on any atom is 0.302 e. The molecule has 0 heterocycles. The molecular formula is C12H22O2. The SMILES string of the molecule is CC1[C@H]2CC[C@@H](C)[C@@H]1C2.COC(C)=O. The highest BCUT2D eigenvalue weighted by atomic mass is 16.5. The Labute approximate surface area is 87.0 Å². The molecule has 3 fully saturated rings. The molecule has 0 amide bonds. The van der Waals surface area contributed by atoms with Crippen LogP contribution in [0.5, 0.6) is 0 Å². The molecule has 82 valence electrons. The zero-order chi connectivity index (χ0) is 10.7. The van der Waals surface area contributed by atoms with Crippen LogP contribution in [0.1, 0.15) is 40.0 Å². The smallest absolute Gasteiger partial charge is 0.302 e. The third kappa shape index (κ3) is 2.49. The molecule has 0 radical (unpaired) electrons. The molecule has 0 aromatic carbocycles. The van der Waals surface area contributed by atoms with Gasteiger partial charge in [-0.15, -0.1) is 0 Å². The molecule has 4 atom stereocenters. The molecule has 3 rings (SSSR count). The second-order valence-electron chi connectivity index (χ2n) is 4.77. The summed E-state index contributed by atoms with van der Waals surface area (Å²) in [5.41, 5.74) is 0. The number of carbonyl (C=O) groups is 1. The van der Waals surface area contributed by atoms with Gasteiger partial charge in [0.2, 0.25) is 0 Å². The molecule has 0 spiro atoms. The molecule has 0 aliphatic heterocycles. The lowest BCUT2D eigenvalue weighted by atomic mass is 9.54. The van der Waals surface area contributed by atoms with Crippen LogP contribution in [0.15, 0.2) is 0 Å². The third-order valence-electron chi connectivity index (χ3n) is 4.00. The first-order valence-electron chi connectivity index (χ1n) is 5.60. The van der Waals surface area contributed by atoms with Crippen molar-refractivity contribution in [1.29, 1.82) is 0 Å². The molecule has 14 heavy (non-hydrogen) atoms. The Morgan fingerprint density at radius 3 is 2.07 bits per heavy atom. The fourth-order valence-corrected chi connectivity index (χ4v) is 2.75. The van der Waals surface area contributed by atoms with Crippen molar-refractivity contribution in [2.45, 2.75) is 40.0 Å². The van der Waals surface area contributed by atoms with Crippen LogP contribution in [0.25, 0.3) is 0 Å². The van der Waals surface area contributed by atoms with E-state index >= 15 is 0 Å². The van der Waals surface area contributed by atoms with Crippen molar-refractivity contribution in [2.75, 3.05) is 7.11 Å². The Balaban J connectivity index is 0.000000171. The number of rotatable bonds is 0. The zero-order valence-corrected chi connectivity index (χ0v) is 9.75. The maximum atomic E-state index is 9.59. The highest BCUT2D eigenvalue weighted by Crippen LogP contribution is 2.52. The molecule has 2 heteroatoms. The molecule has 0 aromatic heterocycles. The topological polar surface area (TPSA) is 26.3 Å². The number of methoxy groups -OCH3 is 1. The normalized spacial score (nSPS) is 38.9. The van der Waals surface area contributed by atoms with Crippen LogP contribution in [0.4, 0.5) is 0 Å². The predicted molar refractivity (Wildman–Crippen MR) is 56.8 cm³/mol. The first-order chi connectivity index (χ1) is 6.56. The van der Waals surface area contributed by atoms with Crippen LogP contribution in [0.2, 0.25) is 0 Å². The lowest BCUT2D eigenvalue weighted by Crippen LogP contribution is -2.43. The molecule has 3 aliphatic rings. The minimum Gasteiger partial charge on any atom is -0.469 e. The fourth-order valence-electron chi connectivity index (χ4n) is 2.75. The van der Waals surface area contributed by atoms with Crippen LogP contribution in [-0.2, 0) is 9.53 Å². The molecule has 3 saturated carbocycles. The second-order valence-corrected chi connectivity index (χ2v) is 4.77. The Kier molecular flexibility index (Phi) is 3.97. The Morgan fingerprint density at radius 2 is 1.86 bits per heavy atom. The first-order valence-corrected chi connectivity index (χ1v) is 5.60. The summed E-state index contributed by atoms with van der Waals surface area (Å²) in [6, 6.07) is 0. The van der Waals surface area contributed by atoms with Gasteiger partial charge in [-0.2, -0.15) is 0 Å². The maximum absolute atomic E-state index is 9.59. The van der Waals surface area contributed by atoms with E-state index in [4.69, 9.17) is 0 Å². The van der Waals surface area contributed by atoms with Crippen molar-refractivity contribution >= 4 is 5.97 Å². The minimum atomic E-state index is -0.245. The molecular weight excluding hydrogens is 176 g/mol. The van der Waals surface area contributed by atoms with Gasteiger partial charge in [-0.05, 0) is 36.5 Å². The van der Waals surface area contributed by atoms with Crippen LogP contribution < -0.4 is 0 Å². The number of hydrogen-bond acceptors (Lipinski definition) is 2. The molecule has 0 aromatic rings. The van der Waals surface area contributed by atoms with Crippen LogP contribution in [-0.4, -0.2) is 13.1 Å². The average Bonchev–Trinajstić information content (AvgIpc) is 2.17. The molecule has 1 unspecified atom stereocenters. The van der Waals surface area contributed by atoms with Crippen LogP contribution in [0, 0.1) is 23.7 Å². The van der Waals surface area contributed by atoms with E-state index in [0.29, 0.717) is 0 Å². The Morgan fingerprint density at radius 1 is 1.29 bits per heavy atom. The summed E-state index contributed by atoms with van der Waals surface area (Å²) in [5.74, 6) is 4.12. The quantitative estimate of drug-likeness (QED) is 0.559. The molecule has 3 aliphatic carbocycles. The van der Waals surface area contributed by atoms with Crippen LogP contribution >= 0.6 is 0 Å². The van der Waals surface area contributed by atoms with E-state index in [1.54, 1.807) is 6.42 Å². The summed E-state index contributed by atoms with van der Waals surface area (Å²) in [5, 5.41) is 0. The number of ether oxygens (including phenoxy) is 1. The van der Waals surface area contributed by atoms with E-state index in [9.17, 15) is 4.79 Å². The summed E-state index contributed by atoms with van der Waals surface area (Å²) in [4.78, 5) is 9.59. The van der Waals surface area contributed by atoms with Crippen molar-refractivity contribution in [3.8, 4) is 0 Å². The molecule has 0 saturated heterocycles. The summed E-state index contributed by atoms with van der Waals surface area (Å²) >= 11 is 0. The van der Waals surface area contributed by atoms with Crippen LogP contribution in [0.3, 0.4) is 0 Å². The number of hydrogen-bond donors (Lipinski definition) is 0. The van der Waals surface area contributed by atoms with Gasteiger partial charge in [-0.1, -0.05) is 20.3 Å². The highest BCUT2D eigenvalue weighted by Gasteiger charge is 2.43. The van der Waals surface area contributed by atoms with Gasteiger partial charge in [-0.25, -0.2) is 0 Å². The monoisotopic (exact) mass is 198 g/mol. The van der Waals surface area contributed by atoms with E-state index in [1.165, 1.54) is 26.9 Å². The lowest BCUT2D eigenvalue weighted by molar-refractivity contribution is -0.137. The van der Waals surface area contributed by atoms with Crippen molar-refractivity contribution in [2.24, 2.45) is 23.7 Å². The van der Waals surface area contributed by atoms with Crippen molar-refractivity contribution in [3.05, 3.63) is 0 Å². The first kappa shape index (κ1) is 11.5. The molecule has 2 bridgehead atoms. The van der Waals surface area contributed by atoms with Gasteiger partial charge in [0.15, 0.2) is 0 Å². The molecule has 2 nitrogen and oxygen atoms in total. The van der Waals surface area contributed by atoms with Gasteiger partial charge in [0, 0.05) is 6.92 Å². The van der Waals surface area contributed by atoms with Gasteiger partial charge >= 0.3 is 5.97 Å². The minimum absolute atomic E-state index is 0.245. The van der Waals surface area contributed by atoms with Gasteiger partial charge in [-0.3, -0.25) is 4.79 Å². The largest absolute Gasteiger partial charge is 0.469 e. The van der Waals surface area contributed by atoms with E-state index in [0.717, 1.165) is 23.7 Å². The van der Waals surface area contributed by atoms with E-state index in [1.807, 2.05) is 0 Å². The highest BCUT2D eigenvalue weighted by molar-refractivity contribution is 5.65.